The highest BCUT2D eigenvalue weighted by Crippen LogP contribution is 2.22. The Hall–Kier alpha value is -1.65. The highest BCUT2D eigenvalue weighted by molar-refractivity contribution is 6.05. The number of esters is 1. The number of hydrogen-bond donors (Lipinski definition) is 0. The molecular weight excluding hydrogens is 222 g/mol. The smallest absolute Gasteiger partial charge is 0.310 e. The first-order chi connectivity index (χ1) is 8.09. The molecule has 0 N–H and O–H groups in total. The Balaban J connectivity index is 1.93. The van der Waals surface area contributed by atoms with Gasteiger partial charge in [-0.1, -0.05) is 12.2 Å². The minimum Gasteiger partial charge on any atom is -0.451 e. The molecule has 0 aromatic rings. The van der Waals surface area contributed by atoms with Gasteiger partial charge in [0.15, 0.2) is 6.10 Å². The van der Waals surface area contributed by atoms with Crippen LogP contribution in [0.25, 0.3) is 0 Å². The summed E-state index contributed by atoms with van der Waals surface area (Å²) in [5.74, 6) is -1.25. The molecule has 0 unspecified atom stereocenters. The summed E-state index contributed by atoms with van der Waals surface area (Å²) in [5.41, 5.74) is 0. The molecule has 5 heteroatoms. The maximum atomic E-state index is 11.8. The van der Waals surface area contributed by atoms with Crippen molar-refractivity contribution in [2.45, 2.75) is 31.8 Å². The van der Waals surface area contributed by atoms with E-state index in [1.807, 2.05) is 12.2 Å². The Kier molecular flexibility index (Phi) is 3.26. The Morgan fingerprint density at radius 3 is 2.71 bits per heavy atom. The second-order valence-electron chi connectivity index (χ2n) is 4.40. The van der Waals surface area contributed by atoms with Crippen LogP contribution in [0.15, 0.2) is 12.2 Å². The Morgan fingerprint density at radius 1 is 1.41 bits per heavy atom. The van der Waals surface area contributed by atoms with Crippen LogP contribution in [0.3, 0.4) is 0 Å². The zero-order chi connectivity index (χ0) is 12.4. The Bertz CT molecular complexity index is 388. The van der Waals surface area contributed by atoms with Crippen LogP contribution in [0.1, 0.15) is 25.7 Å². The van der Waals surface area contributed by atoms with Gasteiger partial charge in [-0.2, -0.15) is 0 Å². The molecule has 0 saturated carbocycles. The van der Waals surface area contributed by atoms with Crippen molar-refractivity contribution < 1.29 is 19.1 Å². The van der Waals surface area contributed by atoms with Crippen molar-refractivity contribution in [1.29, 1.82) is 0 Å². The van der Waals surface area contributed by atoms with Crippen molar-refractivity contribution in [2.75, 3.05) is 7.05 Å². The predicted octanol–water partition coefficient (Wildman–Crippen LogP) is 0.643. The third kappa shape index (κ3) is 2.38. The van der Waals surface area contributed by atoms with E-state index < -0.39 is 12.0 Å². The lowest BCUT2D eigenvalue weighted by molar-refractivity contribution is -0.160. The minimum atomic E-state index is -0.911. The number of carbonyl (C=O) groups excluding carboxylic acids is 3. The van der Waals surface area contributed by atoms with Gasteiger partial charge < -0.3 is 4.74 Å². The highest BCUT2D eigenvalue weighted by atomic mass is 16.5. The van der Waals surface area contributed by atoms with E-state index in [1.54, 1.807) is 0 Å². The average Bonchev–Trinajstić information content (AvgIpc) is 2.58. The number of rotatable bonds is 2. The lowest BCUT2D eigenvalue weighted by atomic mass is 9.95. The van der Waals surface area contributed by atoms with Gasteiger partial charge >= 0.3 is 5.97 Å². The fourth-order valence-electron chi connectivity index (χ4n) is 2.06. The van der Waals surface area contributed by atoms with Crippen LogP contribution in [0.5, 0.6) is 0 Å². The quantitative estimate of drug-likeness (QED) is 0.402. The maximum Gasteiger partial charge on any atom is 0.310 e. The minimum absolute atomic E-state index is 0.0242. The summed E-state index contributed by atoms with van der Waals surface area (Å²) in [5, 5.41) is 0. The molecule has 0 spiro atoms. The Morgan fingerprint density at radius 2 is 2.18 bits per heavy atom. The van der Waals surface area contributed by atoms with Crippen molar-refractivity contribution in [3.05, 3.63) is 12.2 Å². The fraction of sp³-hybridized carbons (Fsp3) is 0.583. The molecular formula is C12H15NO4. The van der Waals surface area contributed by atoms with Gasteiger partial charge in [0.2, 0.25) is 5.91 Å². The number of ether oxygens (including phenoxy) is 1. The monoisotopic (exact) mass is 237 g/mol. The van der Waals surface area contributed by atoms with E-state index in [9.17, 15) is 14.4 Å². The number of allylic oxidation sites excluding steroid dienone is 2. The predicted molar refractivity (Wildman–Crippen MR) is 58.8 cm³/mol. The van der Waals surface area contributed by atoms with Gasteiger partial charge in [0.25, 0.3) is 5.91 Å². The summed E-state index contributed by atoms with van der Waals surface area (Å²) < 4.78 is 5.12. The van der Waals surface area contributed by atoms with Gasteiger partial charge in [-0.05, 0) is 19.3 Å². The van der Waals surface area contributed by atoms with Crippen LogP contribution in [-0.4, -0.2) is 35.8 Å². The number of carbonyl (C=O) groups is 3. The van der Waals surface area contributed by atoms with E-state index in [0.717, 1.165) is 17.7 Å². The number of imide groups is 1. The van der Waals surface area contributed by atoms with Gasteiger partial charge in [-0.15, -0.1) is 0 Å². The van der Waals surface area contributed by atoms with Crippen molar-refractivity contribution in [3.63, 3.8) is 0 Å². The molecule has 2 amide bonds. The van der Waals surface area contributed by atoms with Crippen molar-refractivity contribution in [1.82, 2.24) is 4.90 Å². The summed E-state index contributed by atoms with van der Waals surface area (Å²) in [7, 11) is 1.40. The second kappa shape index (κ2) is 4.69. The number of likely N-dealkylation sites (tertiary alicyclic amines) is 1. The van der Waals surface area contributed by atoms with E-state index in [-0.39, 0.29) is 24.2 Å². The number of amides is 2. The number of nitrogens with zero attached hydrogens (tertiary/aromatic N) is 1. The molecule has 0 radical (unpaired) electrons. The second-order valence-corrected chi connectivity index (χ2v) is 4.40. The largest absolute Gasteiger partial charge is 0.451 e. The molecule has 1 aliphatic carbocycles. The summed E-state index contributed by atoms with van der Waals surface area (Å²) in [6.45, 7) is 0. The molecule has 2 rings (SSSR count). The zero-order valence-corrected chi connectivity index (χ0v) is 9.72. The summed E-state index contributed by atoms with van der Waals surface area (Å²) in [6.07, 6.45) is 5.31. The van der Waals surface area contributed by atoms with Crippen LogP contribution in [-0.2, 0) is 19.1 Å². The topological polar surface area (TPSA) is 63.7 Å². The van der Waals surface area contributed by atoms with Crippen molar-refractivity contribution in [3.8, 4) is 0 Å². The van der Waals surface area contributed by atoms with Gasteiger partial charge in [0.05, 0.1) is 12.3 Å². The molecule has 1 aliphatic heterocycles. The highest BCUT2D eigenvalue weighted by Gasteiger charge is 2.39. The third-order valence-electron chi connectivity index (χ3n) is 3.20. The molecule has 0 aromatic carbocycles. The number of hydrogen-bond acceptors (Lipinski definition) is 4. The van der Waals surface area contributed by atoms with Crippen LogP contribution >= 0.6 is 0 Å². The summed E-state index contributed by atoms with van der Waals surface area (Å²) in [6, 6.07) is 0. The van der Waals surface area contributed by atoms with Crippen LogP contribution < -0.4 is 0 Å². The molecule has 2 aliphatic rings. The van der Waals surface area contributed by atoms with Crippen LogP contribution in [0.2, 0.25) is 0 Å². The van der Waals surface area contributed by atoms with Crippen molar-refractivity contribution >= 4 is 17.8 Å². The first-order valence-electron chi connectivity index (χ1n) is 5.75. The molecule has 92 valence electrons. The first-order valence-corrected chi connectivity index (χ1v) is 5.75. The maximum absolute atomic E-state index is 11.8. The normalized spacial score (nSPS) is 28.6. The Labute approximate surface area is 99.4 Å². The SMILES string of the molecule is CN1C(=O)C[C@H](OC(=O)[C@H]2CC=CCC2)C1=O. The van der Waals surface area contributed by atoms with Crippen LogP contribution in [0, 0.1) is 5.92 Å². The lowest BCUT2D eigenvalue weighted by Crippen LogP contribution is -2.32. The zero-order valence-electron chi connectivity index (χ0n) is 9.72. The van der Waals surface area contributed by atoms with E-state index in [1.165, 1.54) is 7.05 Å². The van der Waals surface area contributed by atoms with Gasteiger partial charge in [0.1, 0.15) is 0 Å². The lowest BCUT2D eigenvalue weighted by Gasteiger charge is -2.18. The van der Waals surface area contributed by atoms with Crippen LogP contribution in [0.4, 0.5) is 0 Å². The molecule has 1 saturated heterocycles. The summed E-state index contributed by atoms with van der Waals surface area (Å²) in [4.78, 5) is 35.6. The molecule has 1 fully saturated rings. The molecule has 2 atom stereocenters. The standard InChI is InChI=1S/C12H15NO4/c1-13-10(14)7-9(11(13)15)17-12(16)8-5-3-2-4-6-8/h2-3,8-9H,4-7H2,1H3/t8-,9-/m0/s1. The van der Waals surface area contributed by atoms with E-state index in [4.69, 9.17) is 4.74 Å². The van der Waals surface area contributed by atoms with Gasteiger partial charge in [-0.25, -0.2) is 0 Å². The van der Waals surface area contributed by atoms with E-state index in [0.29, 0.717) is 6.42 Å². The summed E-state index contributed by atoms with van der Waals surface area (Å²) >= 11 is 0. The molecule has 5 nitrogen and oxygen atoms in total. The third-order valence-corrected chi connectivity index (χ3v) is 3.20. The molecule has 0 aromatic heterocycles. The fourth-order valence-corrected chi connectivity index (χ4v) is 2.06. The van der Waals surface area contributed by atoms with E-state index >= 15 is 0 Å². The first kappa shape index (κ1) is 11.8. The van der Waals surface area contributed by atoms with Crippen molar-refractivity contribution in [2.24, 2.45) is 5.92 Å². The average molecular weight is 237 g/mol. The molecule has 1 heterocycles. The number of likely N-dealkylation sites (N-methyl/N-ethyl adjacent to an activating group) is 1. The molecule has 0 bridgehead atoms. The molecule has 17 heavy (non-hydrogen) atoms. The van der Waals surface area contributed by atoms with Gasteiger partial charge in [-0.3, -0.25) is 19.3 Å². The van der Waals surface area contributed by atoms with Gasteiger partial charge in [0, 0.05) is 7.05 Å². The van der Waals surface area contributed by atoms with E-state index in [2.05, 4.69) is 0 Å².